The molecule has 0 aliphatic rings. The molecule has 3 amide bonds. The quantitative estimate of drug-likeness (QED) is 0.377. The summed E-state index contributed by atoms with van der Waals surface area (Å²) >= 11 is 0. The first-order chi connectivity index (χ1) is 17.2. The number of likely N-dealkylation sites (N-methyl/N-ethyl adjacent to an activating group) is 1. The third-order valence-corrected chi connectivity index (χ3v) is 5.23. The molecule has 0 radical (unpaired) electrons. The number of nitrogens with one attached hydrogen (secondary N) is 2. The lowest BCUT2D eigenvalue weighted by Gasteiger charge is -2.27. The zero-order valence-corrected chi connectivity index (χ0v) is 19.2. The van der Waals surface area contributed by atoms with E-state index in [1.165, 1.54) is 25.2 Å². The summed E-state index contributed by atoms with van der Waals surface area (Å²) in [7, 11) is 1.37. The minimum absolute atomic E-state index is 0.0248. The third-order valence-electron chi connectivity index (χ3n) is 5.23. The van der Waals surface area contributed by atoms with Gasteiger partial charge in [-0.25, -0.2) is 18.4 Å². The molecule has 1 heterocycles. The Morgan fingerprint density at radius 1 is 1.14 bits per heavy atom. The second kappa shape index (κ2) is 12.3. The zero-order valence-electron chi connectivity index (χ0n) is 19.2. The van der Waals surface area contributed by atoms with Crippen molar-refractivity contribution in [3.63, 3.8) is 0 Å². The smallest absolute Gasteiger partial charge is 0.412 e. The zero-order chi connectivity index (χ0) is 26.1. The van der Waals surface area contributed by atoms with Gasteiger partial charge in [-0.05, 0) is 12.5 Å². The number of carboxylic acid groups (broad SMARTS) is 1. The van der Waals surface area contributed by atoms with Crippen molar-refractivity contribution in [2.24, 2.45) is 0 Å². The highest BCUT2D eigenvalue weighted by molar-refractivity contribution is 5.84. The van der Waals surface area contributed by atoms with Gasteiger partial charge >= 0.3 is 18.1 Å². The van der Waals surface area contributed by atoms with Crippen molar-refractivity contribution in [3.8, 4) is 11.3 Å². The van der Waals surface area contributed by atoms with Crippen molar-refractivity contribution in [1.29, 1.82) is 0 Å². The number of amides is 3. The third kappa shape index (κ3) is 7.26. The largest absolute Gasteiger partial charge is 0.481 e. The highest BCUT2D eigenvalue weighted by Gasteiger charge is 2.23. The summed E-state index contributed by atoms with van der Waals surface area (Å²) in [6, 6.07) is 12.7. The predicted octanol–water partition coefficient (Wildman–Crippen LogP) is 4.24. The summed E-state index contributed by atoms with van der Waals surface area (Å²) in [5, 5.41) is 17.6. The van der Waals surface area contributed by atoms with Crippen LogP contribution in [-0.2, 0) is 16.1 Å². The van der Waals surface area contributed by atoms with E-state index >= 15 is 0 Å². The van der Waals surface area contributed by atoms with E-state index in [0.717, 1.165) is 16.5 Å². The van der Waals surface area contributed by atoms with Gasteiger partial charge in [0, 0.05) is 37.2 Å². The number of hydrogen-bond donors (Lipinski definition) is 3. The Morgan fingerprint density at radius 2 is 1.89 bits per heavy atom. The van der Waals surface area contributed by atoms with Crippen LogP contribution in [0.25, 0.3) is 11.3 Å². The summed E-state index contributed by atoms with van der Waals surface area (Å²) in [4.78, 5) is 37.0. The van der Waals surface area contributed by atoms with Crippen LogP contribution in [0.4, 0.5) is 24.2 Å². The standard InChI is InChI=1S/C24H24F2N4O6/c1-30(23(33)27-13-16-8-5-9-18(25)22(16)26)17(10-11-21(31)32)14-35-24(34)28-20-12-19(36-29-20)15-6-3-2-4-7-15/h2-9,12,17H,10-11,13-14H2,1H3,(H,27,33)(H,31,32)(H,28,29,34)/t17-/m0/s1. The molecule has 3 rings (SSSR count). The van der Waals surface area contributed by atoms with Crippen molar-refractivity contribution in [3.05, 3.63) is 71.8 Å². The molecule has 0 saturated heterocycles. The fourth-order valence-corrected chi connectivity index (χ4v) is 3.21. The van der Waals surface area contributed by atoms with Crippen LogP contribution in [0, 0.1) is 11.6 Å². The summed E-state index contributed by atoms with van der Waals surface area (Å²) in [5.74, 6) is -2.69. The highest BCUT2D eigenvalue weighted by atomic mass is 19.2. The molecule has 36 heavy (non-hydrogen) atoms. The number of anilines is 1. The Bertz CT molecular complexity index is 1200. The van der Waals surface area contributed by atoms with E-state index in [1.54, 1.807) is 12.1 Å². The number of carbonyl (C=O) groups is 3. The number of ether oxygens (including phenoxy) is 1. The first-order valence-corrected chi connectivity index (χ1v) is 10.9. The molecule has 0 spiro atoms. The number of aliphatic carboxylic acids is 1. The van der Waals surface area contributed by atoms with Crippen LogP contribution in [0.1, 0.15) is 18.4 Å². The number of carboxylic acids is 1. The number of hydrogen-bond acceptors (Lipinski definition) is 6. The van der Waals surface area contributed by atoms with Crippen LogP contribution in [0.5, 0.6) is 0 Å². The minimum atomic E-state index is -1.10. The van der Waals surface area contributed by atoms with Crippen LogP contribution in [-0.4, -0.2) is 53.0 Å². The van der Waals surface area contributed by atoms with Crippen LogP contribution >= 0.6 is 0 Å². The van der Waals surface area contributed by atoms with Gasteiger partial charge in [0.2, 0.25) is 0 Å². The van der Waals surface area contributed by atoms with Crippen molar-refractivity contribution in [2.45, 2.75) is 25.4 Å². The normalized spacial score (nSPS) is 11.4. The molecule has 12 heteroatoms. The summed E-state index contributed by atoms with van der Waals surface area (Å²) in [6.07, 6.45) is -1.21. The number of rotatable bonds is 10. The molecule has 0 aliphatic heterocycles. The van der Waals surface area contributed by atoms with Crippen molar-refractivity contribution < 1.29 is 37.5 Å². The molecule has 0 aliphatic carbocycles. The van der Waals surface area contributed by atoms with E-state index < -0.39 is 35.8 Å². The first-order valence-electron chi connectivity index (χ1n) is 10.9. The molecule has 2 aromatic carbocycles. The van der Waals surface area contributed by atoms with Gasteiger partial charge in [0.25, 0.3) is 0 Å². The van der Waals surface area contributed by atoms with E-state index in [9.17, 15) is 23.2 Å². The van der Waals surface area contributed by atoms with Crippen molar-refractivity contribution >= 4 is 23.9 Å². The lowest BCUT2D eigenvalue weighted by molar-refractivity contribution is -0.137. The van der Waals surface area contributed by atoms with Crippen molar-refractivity contribution in [2.75, 3.05) is 19.0 Å². The lowest BCUT2D eigenvalue weighted by atomic mass is 10.1. The number of nitrogens with zero attached hydrogens (tertiary/aromatic N) is 2. The molecule has 3 N–H and O–H groups in total. The topological polar surface area (TPSA) is 134 Å². The van der Waals surface area contributed by atoms with E-state index in [2.05, 4.69) is 15.8 Å². The number of halogens is 2. The predicted molar refractivity (Wildman–Crippen MR) is 124 cm³/mol. The molecule has 0 unspecified atom stereocenters. The Kier molecular flexibility index (Phi) is 8.92. The van der Waals surface area contributed by atoms with Gasteiger partial charge in [-0.15, -0.1) is 0 Å². The van der Waals surface area contributed by atoms with Gasteiger partial charge in [-0.3, -0.25) is 10.1 Å². The second-order valence-electron chi connectivity index (χ2n) is 7.73. The summed E-state index contributed by atoms with van der Waals surface area (Å²) in [5.41, 5.74) is 0.697. The molecule has 190 valence electrons. The van der Waals surface area contributed by atoms with Crippen LogP contribution < -0.4 is 10.6 Å². The average molecular weight is 502 g/mol. The SMILES string of the molecule is CN(C(=O)NCc1cccc(F)c1F)[C@@H](CCC(=O)O)COC(=O)Nc1cc(-c2ccccc2)on1. The fourth-order valence-electron chi connectivity index (χ4n) is 3.21. The molecule has 0 bridgehead atoms. The number of carbonyl (C=O) groups excluding carboxylic acids is 2. The van der Waals surface area contributed by atoms with E-state index in [-0.39, 0.29) is 37.4 Å². The Morgan fingerprint density at radius 3 is 2.61 bits per heavy atom. The molecule has 1 aromatic heterocycles. The second-order valence-corrected chi connectivity index (χ2v) is 7.73. The van der Waals surface area contributed by atoms with Crippen LogP contribution in [0.3, 0.4) is 0 Å². The molecule has 1 atom stereocenters. The first kappa shape index (κ1) is 26.1. The maximum atomic E-state index is 13.8. The fraction of sp³-hybridized carbons (Fsp3) is 0.250. The minimum Gasteiger partial charge on any atom is -0.481 e. The average Bonchev–Trinajstić information content (AvgIpc) is 3.33. The summed E-state index contributed by atoms with van der Waals surface area (Å²) in [6.45, 7) is -0.629. The monoisotopic (exact) mass is 502 g/mol. The molecule has 10 nitrogen and oxygen atoms in total. The van der Waals surface area contributed by atoms with E-state index in [4.69, 9.17) is 14.4 Å². The van der Waals surface area contributed by atoms with Gasteiger partial charge in [-0.1, -0.05) is 47.6 Å². The van der Waals surface area contributed by atoms with Crippen LogP contribution in [0.15, 0.2) is 59.1 Å². The molecular weight excluding hydrogens is 478 g/mol. The molecular formula is C24H24F2N4O6. The van der Waals surface area contributed by atoms with Gasteiger partial charge < -0.3 is 24.6 Å². The Hall–Kier alpha value is -4.48. The molecule has 3 aromatic rings. The highest BCUT2D eigenvalue weighted by Crippen LogP contribution is 2.22. The van der Waals surface area contributed by atoms with Gasteiger partial charge in [0.05, 0.1) is 6.04 Å². The molecule has 0 fully saturated rings. The van der Waals surface area contributed by atoms with E-state index in [0.29, 0.717) is 5.76 Å². The number of benzene rings is 2. The van der Waals surface area contributed by atoms with Gasteiger partial charge in [-0.2, -0.15) is 0 Å². The van der Waals surface area contributed by atoms with Gasteiger partial charge in [0.1, 0.15) is 6.61 Å². The maximum Gasteiger partial charge on any atom is 0.412 e. The number of urea groups is 1. The van der Waals surface area contributed by atoms with Gasteiger partial charge in [0.15, 0.2) is 23.2 Å². The van der Waals surface area contributed by atoms with E-state index in [1.807, 2.05) is 18.2 Å². The van der Waals surface area contributed by atoms with Crippen LogP contribution in [0.2, 0.25) is 0 Å². The summed E-state index contributed by atoms with van der Waals surface area (Å²) < 4.78 is 37.6. The Labute approximate surface area is 204 Å². The lowest BCUT2D eigenvalue weighted by Crippen LogP contribution is -2.46. The number of aromatic nitrogens is 1. The van der Waals surface area contributed by atoms with Crippen molar-refractivity contribution in [1.82, 2.24) is 15.4 Å². The maximum absolute atomic E-state index is 13.8. The Balaban J connectivity index is 1.56. The molecule has 0 saturated carbocycles.